The van der Waals surface area contributed by atoms with E-state index in [0.717, 1.165) is 28.5 Å². The summed E-state index contributed by atoms with van der Waals surface area (Å²) < 4.78 is 8.92. The summed E-state index contributed by atoms with van der Waals surface area (Å²) in [5, 5.41) is 7.77. The summed E-state index contributed by atoms with van der Waals surface area (Å²) in [4.78, 5) is 4.36. The molecule has 5 nitrogen and oxygen atoms in total. The van der Waals surface area contributed by atoms with Crippen LogP contribution in [0.5, 0.6) is 5.75 Å². The van der Waals surface area contributed by atoms with E-state index in [1.807, 2.05) is 29.8 Å². The lowest BCUT2D eigenvalue weighted by Gasteiger charge is -2.25. The maximum atomic E-state index is 5.83. The fourth-order valence-corrected chi connectivity index (χ4v) is 3.32. The molecule has 1 aromatic heterocycles. The topological polar surface area (TPSA) is 52.0 Å². The lowest BCUT2D eigenvalue weighted by Crippen LogP contribution is -2.20. The Morgan fingerprint density at radius 2 is 1.96 bits per heavy atom. The first kappa shape index (κ1) is 16.1. The largest absolute Gasteiger partial charge is 0.494 e. The van der Waals surface area contributed by atoms with Crippen LogP contribution in [-0.2, 0) is 0 Å². The van der Waals surface area contributed by atoms with Gasteiger partial charge < -0.3 is 10.1 Å². The van der Waals surface area contributed by atoms with Crippen molar-refractivity contribution in [1.29, 1.82) is 0 Å². The number of hydrogen-bond acceptors (Lipinski definition) is 4. The Hall–Kier alpha value is -2.35. The van der Waals surface area contributed by atoms with Crippen LogP contribution in [-0.4, -0.2) is 21.4 Å². The van der Waals surface area contributed by atoms with Gasteiger partial charge in [0.15, 0.2) is 0 Å². The SMILES string of the molecule is CCOc1ccccc1[C@H]1C=C(c2ccc(I)cc2)Nc2ncnn21. The quantitative estimate of drug-likeness (QED) is 0.609. The number of allylic oxidation sites excluding steroid dienone is 1. The van der Waals surface area contributed by atoms with Crippen molar-refractivity contribution in [3.63, 3.8) is 0 Å². The molecule has 0 radical (unpaired) electrons. The van der Waals surface area contributed by atoms with Crippen LogP contribution in [0.4, 0.5) is 5.95 Å². The highest BCUT2D eigenvalue weighted by atomic mass is 127. The molecule has 0 saturated carbocycles. The highest BCUT2D eigenvalue weighted by Gasteiger charge is 2.25. The van der Waals surface area contributed by atoms with Crippen molar-refractivity contribution in [2.45, 2.75) is 13.0 Å². The Morgan fingerprint density at radius 3 is 2.76 bits per heavy atom. The van der Waals surface area contributed by atoms with E-state index >= 15 is 0 Å². The number of halogens is 1. The average molecular weight is 444 g/mol. The van der Waals surface area contributed by atoms with E-state index in [1.54, 1.807) is 6.33 Å². The summed E-state index contributed by atoms with van der Waals surface area (Å²) in [6.07, 6.45) is 3.74. The predicted molar refractivity (Wildman–Crippen MR) is 107 cm³/mol. The standard InChI is InChI=1S/C19H17IN4O/c1-2-25-18-6-4-3-5-15(18)17-11-16(13-7-9-14(20)10-8-13)23-19-21-12-22-24(17)19/h3-12,17H,2H2,1H3,(H,21,22,23)/t17-/m1/s1. The molecule has 0 aliphatic carbocycles. The molecule has 0 fully saturated rings. The van der Waals surface area contributed by atoms with E-state index in [1.165, 1.54) is 3.57 Å². The molecule has 1 N–H and O–H groups in total. The molecule has 2 aromatic carbocycles. The maximum Gasteiger partial charge on any atom is 0.226 e. The third-order valence-corrected chi connectivity index (χ3v) is 4.82. The zero-order valence-electron chi connectivity index (χ0n) is 13.7. The van der Waals surface area contributed by atoms with Crippen molar-refractivity contribution in [2.24, 2.45) is 0 Å². The van der Waals surface area contributed by atoms with E-state index in [0.29, 0.717) is 6.61 Å². The van der Waals surface area contributed by atoms with Gasteiger partial charge in [0, 0.05) is 14.8 Å². The van der Waals surface area contributed by atoms with Crippen molar-refractivity contribution >= 4 is 34.2 Å². The van der Waals surface area contributed by atoms with Gasteiger partial charge in [-0.05, 0) is 59.4 Å². The normalized spacial score (nSPS) is 15.9. The number of para-hydroxylation sites is 1. The Morgan fingerprint density at radius 1 is 1.16 bits per heavy atom. The van der Waals surface area contributed by atoms with Gasteiger partial charge in [-0.3, -0.25) is 0 Å². The maximum absolute atomic E-state index is 5.83. The third-order valence-electron chi connectivity index (χ3n) is 4.10. The molecule has 0 spiro atoms. The summed E-state index contributed by atoms with van der Waals surface area (Å²) in [5.74, 6) is 1.60. The summed E-state index contributed by atoms with van der Waals surface area (Å²) >= 11 is 2.31. The number of ether oxygens (including phenoxy) is 1. The lowest BCUT2D eigenvalue weighted by atomic mass is 10.0. The van der Waals surface area contributed by atoms with Gasteiger partial charge in [0.25, 0.3) is 0 Å². The Kier molecular flexibility index (Phi) is 4.44. The molecule has 1 aliphatic rings. The van der Waals surface area contributed by atoms with E-state index in [-0.39, 0.29) is 6.04 Å². The number of nitrogens with zero attached hydrogens (tertiary/aromatic N) is 3. The number of nitrogens with one attached hydrogen (secondary N) is 1. The molecule has 1 aliphatic heterocycles. The number of anilines is 1. The first-order valence-corrected chi connectivity index (χ1v) is 9.20. The van der Waals surface area contributed by atoms with Gasteiger partial charge in [-0.15, -0.1) is 0 Å². The highest BCUT2D eigenvalue weighted by molar-refractivity contribution is 14.1. The first-order chi connectivity index (χ1) is 12.3. The molecular weight excluding hydrogens is 427 g/mol. The Balaban J connectivity index is 1.81. The lowest BCUT2D eigenvalue weighted by molar-refractivity contribution is 0.333. The second-order valence-corrected chi connectivity index (χ2v) is 6.90. The number of benzene rings is 2. The first-order valence-electron chi connectivity index (χ1n) is 8.12. The summed E-state index contributed by atoms with van der Waals surface area (Å²) in [6, 6.07) is 16.4. The summed E-state index contributed by atoms with van der Waals surface area (Å²) in [7, 11) is 0. The minimum absolute atomic E-state index is 0.0734. The zero-order chi connectivity index (χ0) is 17.2. The molecule has 0 unspecified atom stereocenters. The Labute approximate surface area is 159 Å². The highest BCUT2D eigenvalue weighted by Crippen LogP contribution is 2.36. The summed E-state index contributed by atoms with van der Waals surface area (Å²) in [5.41, 5.74) is 3.21. The van der Waals surface area contributed by atoms with Gasteiger partial charge in [0.1, 0.15) is 18.1 Å². The number of rotatable bonds is 4. The minimum Gasteiger partial charge on any atom is -0.494 e. The minimum atomic E-state index is -0.0734. The molecular formula is C19H17IN4O. The summed E-state index contributed by atoms with van der Waals surface area (Å²) in [6.45, 7) is 2.62. The van der Waals surface area contributed by atoms with Crippen LogP contribution < -0.4 is 10.1 Å². The van der Waals surface area contributed by atoms with Crippen LogP contribution in [0, 0.1) is 3.57 Å². The molecule has 25 heavy (non-hydrogen) atoms. The number of hydrogen-bond donors (Lipinski definition) is 1. The smallest absolute Gasteiger partial charge is 0.226 e. The van der Waals surface area contributed by atoms with E-state index in [9.17, 15) is 0 Å². The van der Waals surface area contributed by atoms with Crippen LogP contribution in [0.15, 0.2) is 60.9 Å². The van der Waals surface area contributed by atoms with Gasteiger partial charge in [-0.2, -0.15) is 10.1 Å². The van der Waals surface area contributed by atoms with Gasteiger partial charge >= 0.3 is 0 Å². The van der Waals surface area contributed by atoms with E-state index < -0.39 is 0 Å². The van der Waals surface area contributed by atoms with Crippen LogP contribution in [0.1, 0.15) is 24.1 Å². The van der Waals surface area contributed by atoms with E-state index in [2.05, 4.69) is 74.4 Å². The van der Waals surface area contributed by atoms with Crippen LogP contribution in [0.3, 0.4) is 0 Å². The number of fused-ring (bicyclic) bond motifs is 1. The third kappa shape index (κ3) is 3.13. The van der Waals surface area contributed by atoms with E-state index in [4.69, 9.17) is 4.74 Å². The molecule has 6 heteroatoms. The molecule has 4 rings (SSSR count). The van der Waals surface area contributed by atoms with Crippen molar-refractivity contribution in [3.05, 3.63) is 75.6 Å². The van der Waals surface area contributed by atoms with Crippen LogP contribution in [0.25, 0.3) is 5.70 Å². The fourth-order valence-electron chi connectivity index (χ4n) is 2.96. The van der Waals surface area contributed by atoms with Crippen LogP contribution in [0.2, 0.25) is 0 Å². The average Bonchev–Trinajstić information content (AvgIpc) is 3.11. The zero-order valence-corrected chi connectivity index (χ0v) is 15.8. The van der Waals surface area contributed by atoms with Crippen molar-refractivity contribution < 1.29 is 4.74 Å². The van der Waals surface area contributed by atoms with Crippen molar-refractivity contribution in [3.8, 4) is 5.75 Å². The van der Waals surface area contributed by atoms with Crippen molar-refractivity contribution in [1.82, 2.24) is 14.8 Å². The predicted octanol–water partition coefficient (Wildman–Crippen LogP) is 4.34. The molecule has 1 atom stereocenters. The molecule has 2 heterocycles. The second-order valence-electron chi connectivity index (χ2n) is 5.66. The van der Waals surface area contributed by atoms with Gasteiger partial charge in [0.05, 0.1) is 6.61 Å². The number of aromatic nitrogens is 3. The Bertz CT molecular complexity index is 917. The van der Waals surface area contributed by atoms with Gasteiger partial charge in [-0.1, -0.05) is 30.3 Å². The van der Waals surface area contributed by atoms with Gasteiger partial charge in [-0.25, -0.2) is 4.68 Å². The molecule has 3 aromatic rings. The molecule has 0 bridgehead atoms. The molecule has 0 saturated heterocycles. The van der Waals surface area contributed by atoms with Crippen LogP contribution >= 0.6 is 22.6 Å². The molecule has 126 valence electrons. The van der Waals surface area contributed by atoms with Crippen molar-refractivity contribution in [2.75, 3.05) is 11.9 Å². The van der Waals surface area contributed by atoms with Gasteiger partial charge in [0.2, 0.25) is 5.95 Å². The fraction of sp³-hybridized carbons (Fsp3) is 0.158. The monoisotopic (exact) mass is 444 g/mol. The molecule has 0 amide bonds. The second kappa shape index (κ2) is 6.87.